The predicted molar refractivity (Wildman–Crippen MR) is 85.7 cm³/mol. The number of nitrogens with two attached hydrogens (primary N) is 1. The van der Waals surface area contributed by atoms with Crippen LogP contribution < -0.4 is 11.1 Å². The lowest BCUT2D eigenvalue weighted by Crippen LogP contribution is -2.13. The first-order valence-electron chi connectivity index (χ1n) is 5.29. The maximum Gasteiger partial charge on any atom is 0.257 e. The number of hydrogen-bond acceptors (Lipinski definition) is 2. The van der Waals surface area contributed by atoms with Gasteiger partial charge in [0.1, 0.15) is 0 Å². The smallest absolute Gasteiger partial charge is 0.257 e. The van der Waals surface area contributed by atoms with Crippen LogP contribution in [0.3, 0.4) is 0 Å². The summed E-state index contributed by atoms with van der Waals surface area (Å²) in [7, 11) is 0. The minimum Gasteiger partial charge on any atom is -0.399 e. The van der Waals surface area contributed by atoms with E-state index in [4.69, 9.17) is 17.3 Å². The molecule has 1 amide bonds. The Labute approximate surface area is 132 Å². The van der Waals surface area contributed by atoms with Crippen molar-refractivity contribution in [2.45, 2.75) is 0 Å². The highest BCUT2D eigenvalue weighted by atomic mass is 79.9. The van der Waals surface area contributed by atoms with Crippen LogP contribution in [0.15, 0.2) is 45.3 Å². The van der Waals surface area contributed by atoms with Gasteiger partial charge < -0.3 is 11.1 Å². The largest absolute Gasteiger partial charge is 0.399 e. The third-order valence-corrected chi connectivity index (χ3v) is 3.91. The molecule has 19 heavy (non-hydrogen) atoms. The number of nitrogens with one attached hydrogen (secondary N) is 1. The predicted octanol–water partition coefficient (Wildman–Crippen LogP) is 4.70. The van der Waals surface area contributed by atoms with Gasteiger partial charge in [-0.05, 0) is 52.3 Å². The molecule has 0 aliphatic heterocycles. The second kappa shape index (κ2) is 5.94. The van der Waals surface area contributed by atoms with Crippen molar-refractivity contribution in [2.75, 3.05) is 11.1 Å². The summed E-state index contributed by atoms with van der Waals surface area (Å²) in [5.41, 5.74) is 7.26. The van der Waals surface area contributed by atoms with E-state index in [2.05, 4.69) is 37.2 Å². The second-order valence-electron chi connectivity index (χ2n) is 3.82. The standard InChI is InChI=1S/C13H9Br2ClN2O/c14-7-1-3-9(11(16)5-7)13(19)18-12-6-8(17)2-4-10(12)15/h1-6H,17H2,(H,18,19). The molecule has 6 heteroatoms. The number of carbonyl (C=O) groups excluding carboxylic acids is 1. The van der Waals surface area contributed by atoms with Crippen molar-refractivity contribution in [1.82, 2.24) is 0 Å². The van der Waals surface area contributed by atoms with Gasteiger partial charge in [0.25, 0.3) is 5.91 Å². The van der Waals surface area contributed by atoms with Gasteiger partial charge in [-0.1, -0.05) is 27.5 Å². The van der Waals surface area contributed by atoms with Crippen molar-refractivity contribution >= 4 is 60.7 Å². The van der Waals surface area contributed by atoms with Gasteiger partial charge in [0.15, 0.2) is 0 Å². The Bertz CT molecular complexity index is 647. The first kappa shape index (κ1) is 14.4. The van der Waals surface area contributed by atoms with Crippen molar-refractivity contribution < 1.29 is 4.79 Å². The molecule has 2 rings (SSSR count). The molecule has 0 saturated carbocycles. The van der Waals surface area contributed by atoms with E-state index in [9.17, 15) is 4.79 Å². The van der Waals surface area contributed by atoms with Crippen LogP contribution in [0.2, 0.25) is 5.02 Å². The molecule has 0 heterocycles. The maximum atomic E-state index is 12.1. The Morgan fingerprint density at radius 2 is 1.89 bits per heavy atom. The Morgan fingerprint density at radius 1 is 1.16 bits per heavy atom. The summed E-state index contributed by atoms with van der Waals surface area (Å²) in [6.45, 7) is 0. The normalized spacial score (nSPS) is 10.3. The molecular weight excluding hydrogens is 395 g/mol. The van der Waals surface area contributed by atoms with Crippen molar-refractivity contribution in [3.05, 3.63) is 55.9 Å². The molecule has 0 spiro atoms. The summed E-state index contributed by atoms with van der Waals surface area (Å²) in [4.78, 5) is 12.1. The van der Waals surface area contributed by atoms with Gasteiger partial charge in [-0.25, -0.2) is 0 Å². The number of rotatable bonds is 2. The van der Waals surface area contributed by atoms with Gasteiger partial charge >= 0.3 is 0 Å². The van der Waals surface area contributed by atoms with Crippen LogP contribution in [0.1, 0.15) is 10.4 Å². The fourth-order valence-corrected chi connectivity index (χ4v) is 2.61. The highest BCUT2D eigenvalue weighted by molar-refractivity contribution is 9.10. The van der Waals surface area contributed by atoms with E-state index in [-0.39, 0.29) is 5.91 Å². The number of hydrogen-bond donors (Lipinski definition) is 2. The van der Waals surface area contributed by atoms with E-state index in [0.29, 0.717) is 22.0 Å². The fraction of sp³-hybridized carbons (Fsp3) is 0. The summed E-state index contributed by atoms with van der Waals surface area (Å²) < 4.78 is 1.57. The van der Waals surface area contributed by atoms with Crippen molar-refractivity contribution in [2.24, 2.45) is 0 Å². The van der Waals surface area contributed by atoms with E-state index < -0.39 is 0 Å². The van der Waals surface area contributed by atoms with Gasteiger partial charge in [-0.15, -0.1) is 0 Å². The average Bonchev–Trinajstić information content (AvgIpc) is 2.33. The minimum atomic E-state index is -0.288. The van der Waals surface area contributed by atoms with Crippen LogP contribution in [0.25, 0.3) is 0 Å². The second-order valence-corrected chi connectivity index (χ2v) is 5.99. The number of benzene rings is 2. The van der Waals surface area contributed by atoms with Crippen LogP contribution in [-0.4, -0.2) is 5.91 Å². The maximum absolute atomic E-state index is 12.1. The molecule has 0 aromatic heterocycles. The molecule has 0 aliphatic rings. The summed E-state index contributed by atoms with van der Waals surface area (Å²) in [6.07, 6.45) is 0. The van der Waals surface area contributed by atoms with Crippen LogP contribution >= 0.6 is 43.5 Å². The quantitative estimate of drug-likeness (QED) is 0.713. The zero-order valence-electron chi connectivity index (χ0n) is 9.58. The molecule has 2 aromatic rings. The zero-order valence-corrected chi connectivity index (χ0v) is 13.5. The molecular formula is C13H9Br2ClN2O. The monoisotopic (exact) mass is 402 g/mol. The van der Waals surface area contributed by atoms with Gasteiger partial charge in [0.05, 0.1) is 16.3 Å². The lowest BCUT2D eigenvalue weighted by molar-refractivity contribution is 0.102. The van der Waals surface area contributed by atoms with Gasteiger partial charge in [-0.3, -0.25) is 4.79 Å². The molecule has 98 valence electrons. The molecule has 3 nitrogen and oxygen atoms in total. The number of halogens is 3. The summed E-state index contributed by atoms with van der Waals surface area (Å²) >= 11 is 12.7. The lowest BCUT2D eigenvalue weighted by atomic mass is 10.2. The van der Waals surface area contributed by atoms with E-state index >= 15 is 0 Å². The molecule has 0 saturated heterocycles. The Hall–Kier alpha value is -1.04. The van der Waals surface area contributed by atoms with Crippen LogP contribution in [0.4, 0.5) is 11.4 Å². The van der Waals surface area contributed by atoms with Crippen LogP contribution in [0, 0.1) is 0 Å². The van der Waals surface area contributed by atoms with Gasteiger partial charge in [-0.2, -0.15) is 0 Å². The minimum absolute atomic E-state index is 0.288. The number of nitrogen functional groups attached to an aromatic ring is 1. The first-order chi connectivity index (χ1) is 8.97. The highest BCUT2D eigenvalue weighted by Crippen LogP contribution is 2.27. The number of amides is 1. The molecule has 0 aliphatic carbocycles. The summed E-state index contributed by atoms with van der Waals surface area (Å²) in [5, 5.41) is 3.14. The zero-order chi connectivity index (χ0) is 14.0. The van der Waals surface area contributed by atoms with Gasteiger partial charge in [0.2, 0.25) is 0 Å². The fourth-order valence-electron chi connectivity index (χ4n) is 1.50. The Morgan fingerprint density at radius 3 is 2.58 bits per heavy atom. The van der Waals surface area contributed by atoms with Crippen molar-refractivity contribution in [3.63, 3.8) is 0 Å². The molecule has 3 N–H and O–H groups in total. The molecule has 2 aromatic carbocycles. The Balaban J connectivity index is 2.28. The summed E-state index contributed by atoms with van der Waals surface area (Å²) in [6, 6.07) is 10.3. The number of anilines is 2. The molecule has 0 bridgehead atoms. The third-order valence-electron chi connectivity index (χ3n) is 2.41. The van der Waals surface area contributed by atoms with E-state index in [0.717, 1.165) is 8.95 Å². The van der Waals surface area contributed by atoms with Gasteiger partial charge in [0, 0.05) is 14.6 Å². The first-order valence-corrected chi connectivity index (χ1v) is 7.25. The lowest BCUT2D eigenvalue weighted by Gasteiger charge is -2.09. The van der Waals surface area contributed by atoms with E-state index in [1.54, 1.807) is 36.4 Å². The highest BCUT2D eigenvalue weighted by Gasteiger charge is 2.12. The van der Waals surface area contributed by atoms with Crippen LogP contribution in [-0.2, 0) is 0 Å². The van der Waals surface area contributed by atoms with E-state index in [1.165, 1.54) is 0 Å². The average molecular weight is 404 g/mol. The van der Waals surface area contributed by atoms with Crippen LogP contribution in [0.5, 0.6) is 0 Å². The Kier molecular flexibility index (Phi) is 4.50. The third kappa shape index (κ3) is 3.49. The molecule has 0 unspecified atom stereocenters. The number of carbonyl (C=O) groups is 1. The van der Waals surface area contributed by atoms with Crippen molar-refractivity contribution in [1.29, 1.82) is 0 Å². The molecule has 0 radical (unpaired) electrons. The molecule has 0 fully saturated rings. The SMILES string of the molecule is Nc1ccc(Br)c(NC(=O)c2ccc(Br)cc2Cl)c1. The van der Waals surface area contributed by atoms with Crippen molar-refractivity contribution in [3.8, 4) is 0 Å². The summed E-state index contributed by atoms with van der Waals surface area (Å²) in [5.74, 6) is -0.288. The molecule has 0 atom stereocenters. The topological polar surface area (TPSA) is 55.1 Å². The van der Waals surface area contributed by atoms with E-state index in [1.807, 2.05) is 0 Å².